The summed E-state index contributed by atoms with van der Waals surface area (Å²) in [5.41, 5.74) is 3.83. The molecule has 2 aliphatic rings. The number of aryl methyl sites for hydroxylation is 1. The number of likely N-dealkylation sites (N-methyl/N-ethyl adjacent to an activating group) is 1. The van der Waals surface area contributed by atoms with Gasteiger partial charge in [0.1, 0.15) is 6.33 Å². The van der Waals surface area contributed by atoms with Crippen LogP contribution in [0.3, 0.4) is 0 Å². The van der Waals surface area contributed by atoms with E-state index in [9.17, 15) is 10.1 Å². The third kappa shape index (κ3) is 3.89. The number of aromatic nitrogens is 2. The lowest BCUT2D eigenvalue weighted by Gasteiger charge is -2.38. The fourth-order valence-electron chi connectivity index (χ4n) is 4.24. The molecule has 2 aromatic rings. The number of hydrogen-bond acceptors (Lipinski definition) is 8. The lowest BCUT2D eigenvalue weighted by Crippen LogP contribution is -2.48. The molecule has 2 saturated heterocycles. The Kier molecular flexibility index (Phi) is 5.72. The number of benzene rings is 1. The van der Waals surface area contributed by atoms with Crippen molar-refractivity contribution in [2.75, 3.05) is 74.1 Å². The molecule has 3 heterocycles. The van der Waals surface area contributed by atoms with Gasteiger partial charge in [-0.15, -0.1) is 0 Å². The monoisotopic (exact) mass is 411 g/mol. The molecule has 4 rings (SSSR count). The molecule has 0 N–H and O–H groups in total. The molecule has 30 heavy (non-hydrogen) atoms. The summed E-state index contributed by atoms with van der Waals surface area (Å²) in [5.74, 6) is 0.875. The van der Waals surface area contributed by atoms with Crippen LogP contribution < -0.4 is 14.7 Å². The van der Waals surface area contributed by atoms with Crippen LogP contribution in [0.5, 0.6) is 0 Å². The average molecular weight is 412 g/mol. The molecule has 1 aromatic carbocycles. The molecule has 0 atom stereocenters. The molecule has 0 bridgehead atoms. The lowest BCUT2D eigenvalue weighted by molar-refractivity contribution is -0.383. The average Bonchev–Trinajstić information content (AvgIpc) is 2.76. The van der Waals surface area contributed by atoms with Crippen molar-refractivity contribution in [1.82, 2.24) is 14.9 Å². The van der Waals surface area contributed by atoms with Gasteiger partial charge in [-0.1, -0.05) is 12.1 Å². The molecule has 2 aliphatic heterocycles. The highest BCUT2D eigenvalue weighted by atomic mass is 16.6. The van der Waals surface area contributed by atoms with Gasteiger partial charge in [0.2, 0.25) is 11.6 Å². The van der Waals surface area contributed by atoms with Crippen molar-refractivity contribution in [2.24, 2.45) is 0 Å². The molecule has 0 unspecified atom stereocenters. The van der Waals surface area contributed by atoms with Gasteiger partial charge in [0.05, 0.1) is 4.92 Å². The minimum absolute atomic E-state index is 0.0299. The molecule has 9 heteroatoms. The second-order valence-corrected chi connectivity index (χ2v) is 8.11. The molecule has 0 radical (unpaired) electrons. The molecule has 0 amide bonds. The van der Waals surface area contributed by atoms with Gasteiger partial charge in [0.25, 0.3) is 0 Å². The molecular formula is C21H29N7O2. The van der Waals surface area contributed by atoms with E-state index in [1.54, 1.807) is 0 Å². The predicted octanol–water partition coefficient (Wildman–Crippen LogP) is 2.08. The molecule has 1 aromatic heterocycles. The maximum absolute atomic E-state index is 12.0. The highest BCUT2D eigenvalue weighted by molar-refractivity contribution is 5.72. The van der Waals surface area contributed by atoms with Crippen LogP contribution in [-0.4, -0.2) is 79.2 Å². The summed E-state index contributed by atoms with van der Waals surface area (Å²) in [5, 5.41) is 12.0. The Balaban J connectivity index is 1.55. The second kappa shape index (κ2) is 8.43. The quantitative estimate of drug-likeness (QED) is 0.559. The van der Waals surface area contributed by atoms with Crippen LogP contribution in [0.1, 0.15) is 11.1 Å². The lowest BCUT2D eigenvalue weighted by atomic mass is 10.1. The van der Waals surface area contributed by atoms with E-state index >= 15 is 0 Å². The number of rotatable bonds is 4. The smallest absolute Gasteiger partial charge is 0.353 e. The topological polar surface area (TPSA) is 81.9 Å². The van der Waals surface area contributed by atoms with Gasteiger partial charge in [0, 0.05) is 58.0 Å². The van der Waals surface area contributed by atoms with E-state index in [4.69, 9.17) is 0 Å². The molecule has 2 fully saturated rings. The second-order valence-electron chi connectivity index (χ2n) is 8.11. The van der Waals surface area contributed by atoms with Crippen LogP contribution in [-0.2, 0) is 0 Å². The first-order valence-electron chi connectivity index (χ1n) is 10.4. The third-order valence-electron chi connectivity index (χ3n) is 6.26. The molecule has 160 valence electrons. The molecule has 0 spiro atoms. The maximum Gasteiger partial charge on any atom is 0.353 e. The highest BCUT2D eigenvalue weighted by Crippen LogP contribution is 2.35. The van der Waals surface area contributed by atoms with E-state index in [0.29, 0.717) is 24.7 Å². The van der Waals surface area contributed by atoms with Crippen LogP contribution >= 0.6 is 0 Å². The Morgan fingerprint density at radius 1 is 0.867 bits per heavy atom. The Bertz CT molecular complexity index is 920. The number of hydrogen-bond donors (Lipinski definition) is 0. The summed E-state index contributed by atoms with van der Waals surface area (Å²) in [6.07, 6.45) is 1.47. The summed E-state index contributed by atoms with van der Waals surface area (Å²) < 4.78 is 0. The number of piperazine rings is 2. The zero-order valence-corrected chi connectivity index (χ0v) is 17.9. The van der Waals surface area contributed by atoms with Crippen molar-refractivity contribution >= 4 is 23.0 Å². The van der Waals surface area contributed by atoms with Gasteiger partial charge in [-0.25, -0.2) is 9.97 Å². The minimum Gasteiger partial charge on any atom is -0.368 e. The highest BCUT2D eigenvalue weighted by Gasteiger charge is 2.32. The van der Waals surface area contributed by atoms with E-state index in [0.717, 1.165) is 39.3 Å². The van der Waals surface area contributed by atoms with E-state index in [1.165, 1.54) is 23.1 Å². The standard InChI is InChI=1S/C21H29N7O2/c1-16-5-4-6-18(17(16)2)25-11-13-27(14-12-25)21-19(28(29)30)20(22-15-23-21)26-9-7-24(3)8-10-26/h4-6,15H,7-14H2,1-3H3. The Hall–Kier alpha value is -2.94. The maximum atomic E-state index is 12.0. The van der Waals surface area contributed by atoms with E-state index in [2.05, 4.69) is 58.9 Å². The molecule has 0 aliphatic carbocycles. The van der Waals surface area contributed by atoms with Gasteiger partial charge in [-0.2, -0.15) is 0 Å². The van der Waals surface area contributed by atoms with Crippen molar-refractivity contribution < 1.29 is 4.92 Å². The van der Waals surface area contributed by atoms with E-state index in [-0.39, 0.29) is 10.6 Å². The summed E-state index contributed by atoms with van der Waals surface area (Å²) >= 11 is 0. The fraction of sp³-hybridized carbons (Fsp3) is 0.524. The van der Waals surface area contributed by atoms with Crippen molar-refractivity contribution in [2.45, 2.75) is 13.8 Å². The molecule has 0 saturated carbocycles. The predicted molar refractivity (Wildman–Crippen MR) is 119 cm³/mol. The van der Waals surface area contributed by atoms with Crippen LogP contribution in [0.2, 0.25) is 0 Å². The first-order valence-corrected chi connectivity index (χ1v) is 10.4. The van der Waals surface area contributed by atoms with Crippen molar-refractivity contribution in [3.8, 4) is 0 Å². The summed E-state index contributed by atoms with van der Waals surface area (Å²) in [4.78, 5) is 29.0. The number of nitrogens with zero attached hydrogens (tertiary/aromatic N) is 7. The van der Waals surface area contributed by atoms with Crippen molar-refractivity contribution in [3.05, 3.63) is 45.8 Å². The van der Waals surface area contributed by atoms with Gasteiger partial charge < -0.3 is 19.6 Å². The van der Waals surface area contributed by atoms with Gasteiger partial charge in [-0.05, 0) is 38.1 Å². The first-order chi connectivity index (χ1) is 14.5. The third-order valence-corrected chi connectivity index (χ3v) is 6.26. The van der Waals surface area contributed by atoms with Crippen LogP contribution in [0, 0.1) is 24.0 Å². The fourth-order valence-corrected chi connectivity index (χ4v) is 4.24. The van der Waals surface area contributed by atoms with Gasteiger partial charge >= 0.3 is 5.69 Å². The Morgan fingerprint density at radius 3 is 1.97 bits per heavy atom. The summed E-state index contributed by atoms with van der Waals surface area (Å²) in [6.45, 7) is 10.4. The van der Waals surface area contributed by atoms with Crippen LogP contribution in [0.25, 0.3) is 0 Å². The van der Waals surface area contributed by atoms with Gasteiger partial charge in [-0.3, -0.25) is 10.1 Å². The zero-order chi connectivity index (χ0) is 21.3. The van der Waals surface area contributed by atoms with E-state index < -0.39 is 0 Å². The Labute approximate surface area is 177 Å². The largest absolute Gasteiger partial charge is 0.368 e. The van der Waals surface area contributed by atoms with Gasteiger partial charge in [0.15, 0.2) is 0 Å². The normalized spacial score (nSPS) is 18.0. The van der Waals surface area contributed by atoms with Crippen molar-refractivity contribution in [3.63, 3.8) is 0 Å². The minimum atomic E-state index is -0.319. The number of nitro groups is 1. The van der Waals surface area contributed by atoms with Crippen LogP contribution in [0.4, 0.5) is 23.0 Å². The summed E-state index contributed by atoms with van der Waals surface area (Å²) in [7, 11) is 2.06. The van der Waals surface area contributed by atoms with Crippen LogP contribution in [0.15, 0.2) is 24.5 Å². The number of anilines is 3. The van der Waals surface area contributed by atoms with Crippen molar-refractivity contribution in [1.29, 1.82) is 0 Å². The summed E-state index contributed by atoms with van der Waals surface area (Å²) in [6, 6.07) is 6.36. The SMILES string of the molecule is Cc1cccc(N2CCN(c3ncnc(N4CCN(C)CC4)c3[N+](=O)[O-])CC2)c1C. The molecular weight excluding hydrogens is 382 g/mol. The van der Waals surface area contributed by atoms with E-state index in [1.807, 2.05) is 9.80 Å². The zero-order valence-electron chi connectivity index (χ0n) is 17.9. The Morgan fingerprint density at radius 2 is 1.40 bits per heavy atom. The molecule has 9 nitrogen and oxygen atoms in total. The first kappa shape index (κ1) is 20.3.